The summed E-state index contributed by atoms with van der Waals surface area (Å²) in [5, 5.41) is 11.9. The van der Waals surface area contributed by atoms with Crippen molar-refractivity contribution in [2.45, 2.75) is 70.1 Å². The number of hydrogen-bond donors (Lipinski definition) is 4. The normalized spacial score (nSPS) is 17.5. The van der Waals surface area contributed by atoms with Gasteiger partial charge in [0.15, 0.2) is 0 Å². The maximum Gasteiger partial charge on any atom is 0.405 e. The predicted octanol–water partition coefficient (Wildman–Crippen LogP) is 7.82. The van der Waals surface area contributed by atoms with E-state index in [4.69, 9.17) is 4.98 Å². The highest BCUT2D eigenvalue weighted by Gasteiger charge is 2.39. The van der Waals surface area contributed by atoms with E-state index in [1.165, 1.54) is 0 Å². The molecule has 0 radical (unpaired) electrons. The van der Waals surface area contributed by atoms with E-state index in [0.29, 0.717) is 24.6 Å². The van der Waals surface area contributed by atoms with Crippen molar-refractivity contribution in [3.8, 4) is 33.6 Å². The average molecular weight is 806 g/mol. The molecule has 2 saturated heterocycles. The summed E-state index contributed by atoms with van der Waals surface area (Å²) < 4.78 is 0. The summed E-state index contributed by atoms with van der Waals surface area (Å²) in [6, 6.07) is 30.4. The molecule has 3 aromatic carbocycles. The lowest BCUT2D eigenvalue weighted by Gasteiger charge is -2.34. The number of benzene rings is 3. The minimum absolute atomic E-state index is 0.104. The number of carboxylic acid groups (broad SMARTS) is 1. The molecule has 0 unspecified atom stereocenters. The van der Waals surface area contributed by atoms with Crippen molar-refractivity contribution in [2.75, 3.05) is 26.2 Å². The fourth-order valence-corrected chi connectivity index (χ4v) is 8.79. The van der Waals surface area contributed by atoms with E-state index in [1.807, 2.05) is 47.5 Å². The predicted molar refractivity (Wildman–Crippen MR) is 229 cm³/mol. The Balaban J connectivity index is 0.924. The van der Waals surface area contributed by atoms with Gasteiger partial charge in [0, 0.05) is 31.4 Å². The zero-order chi connectivity index (χ0) is 41.6. The van der Waals surface area contributed by atoms with Crippen LogP contribution in [0.4, 0.5) is 4.79 Å². The molecule has 60 heavy (non-hydrogen) atoms. The molecule has 2 fully saturated rings. The van der Waals surface area contributed by atoms with Crippen LogP contribution in [-0.2, 0) is 16.0 Å². The Morgan fingerprint density at radius 1 is 0.700 bits per heavy atom. The number of carbonyl (C=O) groups is 3. The number of nitrogens with zero attached hydrogens (tertiary/aromatic N) is 6. The summed E-state index contributed by atoms with van der Waals surface area (Å²) >= 11 is 0. The smallest absolute Gasteiger partial charge is 0.405 e. The molecule has 308 valence electrons. The van der Waals surface area contributed by atoms with Crippen molar-refractivity contribution < 1.29 is 19.5 Å². The average Bonchev–Trinajstić information content (AvgIpc) is 4.13. The molecule has 3 amide bonds. The molecule has 4 atom stereocenters. The first-order valence-corrected chi connectivity index (χ1v) is 20.9. The lowest BCUT2D eigenvalue weighted by molar-refractivity contribution is -0.138. The van der Waals surface area contributed by atoms with Crippen LogP contribution in [0.25, 0.3) is 33.6 Å². The summed E-state index contributed by atoms with van der Waals surface area (Å²) in [7, 11) is 0. The Bertz CT molecular complexity index is 2380. The van der Waals surface area contributed by atoms with Gasteiger partial charge in [-0.05, 0) is 78.7 Å². The SMILES string of the molecule is CCN(CC)[C@@H](C(=O)N1CCC[C@H]1c1ncc(-c2ccc(-c3ccc(-c4cnc([C@@H]5CCCN5C(=O)[C@H](Cc5ccccn5)NC(=O)O)[nH]4)cc3)cc2)[nH]1)c1ccccc1. The molecule has 6 aromatic rings. The second-order valence-electron chi connectivity index (χ2n) is 15.5. The van der Waals surface area contributed by atoms with Gasteiger partial charge in [0.1, 0.15) is 23.7 Å². The van der Waals surface area contributed by atoms with Crippen LogP contribution in [0.1, 0.15) is 80.6 Å². The number of carbonyl (C=O) groups excluding carboxylic acids is 2. The summed E-state index contributed by atoms with van der Waals surface area (Å²) in [6.07, 6.45) is 7.50. The Hall–Kier alpha value is -6.60. The van der Waals surface area contributed by atoms with Crippen LogP contribution in [0.2, 0.25) is 0 Å². The minimum Gasteiger partial charge on any atom is -0.465 e. The number of aromatic nitrogens is 5. The minimum atomic E-state index is -1.25. The van der Waals surface area contributed by atoms with Gasteiger partial charge in [-0.25, -0.2) is 14.8 Å². The van der Waals surface area contributed by atoms with Gasteiger partial charge in [0.2, 0.25) is 11.8 Å². The highest BCUT2D eigenvalue weighted by molar-refractivity contribution is 5.86. The Labute approximate surface area is 349 Å². The molecule has 3 aromatic heterocycles. The monoisotopic (exact) mass is 805 g/mol. The first kappa shape index (κ1) is 40.2. The number of H-pyrrole nitrogens is 2. The molecule has 5 heterocycles. The number of pyridine rings is 1. The number of nitrogens with one attached hydrogen (secondary N) is 3. The molecule has 0 aliphatic carbocycles. The van der Waals surface area contributed by atoms with Crippen molar-refractivity contribution in [3.05, 3.63) is 139 Å². The fraction of sp³-hybridized carbons (Fsp3) is 0.319. The molecule has 2 aliphatic rings. The topological polar surface area (TPSA) is 163 Å². The van der Waals surface area contributed by atoms with Gasteiger partial charge >= 0.3 is 6.09 Å². The largest absolute Gasteiger partial charge is 0.465 e. The summed E-state index contributed by atoms with van der Waals surface area (Å²) in [4.78, 5) is 66.3. The van der Waals surface area contributed by atoms with E-state index >= 15 is 0 Å². The maximum atomic E-state index is 14.2. The van der Waals surface area contributed by atoms with Gasteiger partial charge in [-0.3, -0.25) is 19.5 Å². The molecule has 13 heteroatoms. The third-order valence-electron chi connectivity index (χ3n) is 11.9. The molecular weight excluding hydrogens is 755 g/mol. The Morgan fingerprint density at radius 3 is 1.72 bits per heavy atom. The van der Waals surface area contributed by atoms with Crippen LogP contribution >= 0.6 is 0 Å². The number of hydrogen-bond acceptors (Lipinski definition) is 7. The first-order valence-electron chi connectivity index (χ1n) is 20.9. The lowest BCUT2D eigenvalue weighted by atomic mass is 10.0. The number of imidazole rings is 2. The standard InChI is InChI=1S/C47H51N9O4/c1-3-54(4-2)42(35-12-6-5-7-13-35)46(58)56-27-11-16-41(56)44-50-30-39(52-44)34-23-19-32(20-24-34)31-17-21-33(22-18-31)38-29-49-43(51-38)40-15-10-26-55(40)45(57)37(53-47(59)60)28-36-14-8-9-25-48-36/h5-9,12-14,17-25,29-30,37,40-42,53H,3-4,10-11,15-16,26-28H2,1-2H3,(H,49,51)(H,50,52)(H,59,60)/t37-,40-,41-,42+/m0/s1. The van der Waals surface area contributed by atoms with Crippen LogP contribution < -0.4 is 5.32 Å². The van der Waals surface area contributed by atoms with Gasteiger partial charge in [-0.2, -0.15) is 0 Å². The van der Waals surface area contributed by atoms with E-state index < -0.39 is 12.1 Å². The third-order valence-corrected chi connectivity index (χ3v) is 11.9. The number of aromatic amines is 2. The molecule has 8 rings (SSSR count). The maximum absolute atomic E-state index is 14.2. The quantitative estimate of drug-likeness (QED) is 0.0866. The van der Waals surface area contributed by atoms with E-state index in [9.17, 15) is 19.5 Å². The zero-order valence-electron chi connectivity index (χ0n) is 34.0. The highest BCUT2D eigenvalue weighted by Crippen LogP contribution is 2.37. The van der Waals surface area contributed by atoms with E-state index in [1.54, 1.807) is 29.4 Å². The molecule has 2 aliphatic heterocycles. The fourth-order valence-electron chi connectivity index (χ4n) is 8.79. The first-order chi connectivity index (χ1) is 29.3. The van der Waals surface area contributed by atoms with Gasteiger partial charge < -0.3 is 30.2 Å². The third kappa shape index (κ3) is 8.57. The number of amides is 3. The summed E-state index contributed by atoms with van der Waals surface area (Å²) in [5.41, 5.74) is 7.51. The number of rotatable bonds is 14. The van der Waals surface area contributed by atoms with Gasteiger partial charge in [-0.15, -0.1) is 0 Å². The van der Waals surface area contributed by atoms with Crippen molar-refractivity contribution in [1.29, 1.82) is 0 Å². The lowest BCUT2D eigenvalue weighted by Crippen LogP contribution is -2.49. The molecule has 0 spiro atoms. The van der Waals surface area contributed by atoms with Gasteiger partial charge in [-0.1, -0.05) is 98.8 Å². The van der Waals surface area contributed by atoms with Crippen LogP contribution in [-0.4, -0.2) is 94.9 Å². The van der Waals surface area contributed by atoms with Crippen molar-refractivity contribution in [1.82, 2.24) is 44.9 Å². The molecule has 0 saturated carbocycles. The summed E-state index contributed by atoms with van der Waals surface area (Å²) in [5.74, 6) is 1.32. The van der Waals surface area contributed by atoms with Gasteiger partial charge in [0.25, 0.3) is 0 Å². The van der Waals surface area contributed by atoms with Crippen LogP contribution in [0, 0.1) is 0 Å². The summed E-state index contributed by atoms with van der Waals surface area (Å²) in [6.45, 7) is 7.01. The Morgan fingerprint density at radius 2 is 1.22 bits per heavy atom. The van der Waals surface area contributed by atoms with E-state index in [-0.39, 0.29) is 36.4 Å². The van der Waals surface area contributed by atoms with Gasteiger partial charge in [0.05, 0.1) is 35.9 Å². The number of likely N-dealkylation sites (tertiary alicyclic amines) is 2. The van der Waals surface area contributed by atoms with Crippen LogP contribution in [0.5, 0.6) is 0 Å². The molecule has 4 N–H and O–H groups in total. The molecular formula is C47H51N9O4. The van der Waals surface area contributed by atoms with Crippen molar-refractivity contribution in [2.24, 2.45) is 0 Å². The Kier molecular flexibility index (Phi) is 12.1. The number of likely N-dealkylation sites (N-methyl/N-ethyl adjacent to an activating group) is 1. The molecule has 0 bridgehead atoms. The second kappa shape index (κ2) is 18.1. The van der Waals surface area contributed by atoms with Crippen LogP contribution in [0.15, 0.2) is 116 Å². The molecule has 13 nitrogen and oxygen atoms in total. The highest BCUT2D eigenvalue weighted by atomic mass is 16.4. The van der Waals surface area contributed by atoms with E-state index in [0.717, 1.165) is 83.8 Å². The second-order valence-corrected chi connectivity index (χ2v) is 15.5. The van der Waals surface area contributed by atoms with Crippen molar-refractivity contribution >= 4 is 17.9 Å². The van der Waals surface area contributed by atoms with Crippen LogP contribution in [0.3, 0.4) is 0 Å². The van der Waals surface area contributed by atoms with E-state index in [2.05, 4.69) is 92.5 Å². The van der Waals surface area contributed by atoms with Crippen molar-refractivity contribution in [3.63, 3.8) is 0 Å². The zero-order valence-corrected chi connectivity index (χ0v) is 34.0.